The van der Waals surface area contributed by atoms with E-state index in [-0.39, 0.29) is 0 Å². The maximum atomic E-state index is 3.74. The van der Waals surface area contributed by atoms with Crippen molar-refractivity contribution in [2.45, 2.75) is 32.0 Å². The summed E-state index contributed by atoms with van der Waals surface area (Å²) < 4.78 is 0. The first kappa shape index (κ1) is 16.3. The first-order valence-electron chi connectivity index (χ1n) is 7.39. The predicted molar refractivity (Wildman–Crippen MR) is 98.0 cm³/mol. The summed E-state index contributed by atoms with van der Waals surface area (Å²) in [5.41, 5.74) is 3.74. The molecule has 0 aromatic heterocycles. The Kier molecular flexibility index (Phi) is 6.53. The van der Waals surface area contributed by atoms with Crippen molar-refractivity contribution in [1.29, 1.82) is 0 Å². The molecule has 0 aliphatic heterocycles. The van der Waals surface area contributed by atoms with Gasteiger partial charge in [0.05, 0.1) is 0 Å². The zero-order valence-corrected chi connectivity index (χ0v) is 15.4. The molecule has 2 aromatic rings. The molecule has 0 spiro atoms. The van der Waals surface area contributed by atoms with Gasteiger partial charge < -0.3 is 0 Å². The van der Waals surface area contributed by atoms with Gasteiger partial charge in [-0.15, -0.1) is 0 Å². The van der Waals surface area contributed by atoms with Crippen LogP contribution in [0.5, 0.6) is 0 Å². The topological polar surface area (TPSA) is 0 Å². The molecule has 0 fully saturated rings. The molecular weight excluding hydrogens is 338 g/mol. The van der Waals surface area contributed by atoms with Crippen molar-refractivity contribution < 1.29 is 0 Å². The van der Waals surface area contributed by atoms with E-state index in [9.17, 15) is 0 Å². The van der Waals surface area contributed by atoms with E-state index in [1.165, 1.54) is 23.5 Å². The molecule has 0 aliphatic carbocycles. The van der Waals surface area contributed by atoms with Crippen LogP contribution < -0.4 is 10.6 Å². The fourth-order valence-corrected chi connectivity index (χ4v) is 10.00. The molecule has 0 atom stereocenters. The Morgan fingerprint density at radius 2 is 1.43 bits per heavy atom. The molecule has 0 radical (unpaired) electrons. The molecule has 2 rings (SSSR count). The van der Waals surface area contributed by atoms with Gasteiger partial charge >= 0.3 is 135 Å². The average Bonchev–Trinajstić information content (AvgIpc) is 2.57. The van der Waals surface area contributed by atoms with Crippen LogP contribution in [0, 0.1) is 11.6 Å². The summed E-state index contributed by atoms with van der Waals surface area (Å²) >= 11 is 0.481. The van der Waals surface area contributed by atoms with Gasteiger partial charge in [-0.05, 0) is 0 Å². The van der Waals surface area contributed by atoms with Crippen LogP contribution in [-0.2, 0) is 0 Å². The fraction of sp³-hybridized carbons (Fsp3) is 0.263. The van der Waals surface area contributed by atoms with E-state index in [4.69, 9.17) is 0 Å². The molecule has 21 heavy (non-hydrogen) atoms. The van der Waals surface area contributed by atoms with Crippen LogP contribution in [0.4, 0.5) is 0 Å². The van der Waals surface area contributed by atoms with Gasteiger partial charge in [-0.25, -0.2) is 0 Å². The van der Waals surface area contributed by atoms with Gasteiger partial charge in [0.25, 0.3) is 0 Å². The van der Waals surface area contributed by atoms with Crippen LogP contribution in [0.25, 0.3) is 0 Å². The zero-order valence-electron chi connectivity index (χ0n) is 12.8. The Balaban J connectivity index is 2.48. The number of hydrogen-bond donors (Lipinski definition) is 0. The summed E-state index contributed by atoms with van der Waals surface area (Å²) in [4.78, 5) is 0. The fourth-order valence-electron chi connectivity index (χ4n) is 2.24. The average molecular weight is 360 g/mol. The molecule has 0 heterocycles. The van der Waals surface area contributed by atoms with Crippen LogP contribution in [0.15, 0.2) is 60.7 Å². The minimum absolute atomic E-state index is 0.481. The van der Waals surface area contributed by atoms with Gasteiger partial charge in [-0.2, -0.15) is 0 Å². The van der Waals surface area contributed by atoms with Crippen molar-refractivity contribution in [3.63, 3.8) is 0 Å². The minimum atomic E-state index is -1.52. The van der Waals surface area contributed by atoms with E-state index in [1.807, 2.05) is 0 Å². The normalized spacial score (nSPS) is 10.8. The number of unbranched alkanes of at least 4 members (excludes halogenated alkanes) is 2. The van der Waals surface area contributed by atoms with Crippen LogP contribution in [0.1, 0.15) is 26.2 Å². The first-order chi connectivity index (χ1) is 10.3. The number of hydrogen-bond acceptors (Lipinski definition) is 0. The summed E-state index contributed by atoms with van der Waals surface area (Å²) in [6.45, 7) is 2.22. The number of rotatable bonds is 5. The molecule has 0 amide bonds. The van der Waals surface area contributed by atoms with Crippen molar-refractivity contribution in [3.05, 3.63) is 60.7 Å². The standard InChI is InChI=1S/C19H22PSe/c1-3-4-5-12-17-20(21-2,18-13-8-6-9-14-18)19-15-10-7-11-16-19/h6-11,13-16H,3-5H2,1-2H3/q+1. The van der Waals surface area contributed by atoms with E-state index in [1.54, 1.807) is 0 Å². The van der Waals surface area contributed by atoms with Crippen LogP contribution in [0.2, 0.25) is 5.82 Å². The van der Waals surface area contributed by atoms with Crippen LogP contribution >= 0.6 is 5.95 Å². The van der Waals surface area contributed by atoms with E-state index >= 15 is 0 Å². The van der Waals surface area contributed by atoms with Crippen molar-refractivity contribution >= 4 is 31.1 Å². The van der Waals surface area contributed by atoms with E-state index in [0.29, 0.717) is 14.5 Å². The molecular formula is C19H22PSe+. The van der Waals surface area contributed by atoms with Crippen molar-refractivity contribution in [2.24, 2.45) is 0 Å². The predicted octanol–water partition coefficient (Wildman–Crippen LogP) is 4.47. The van der Waals surface area contributed by atoms with Gasteiger partial charge in [0, 0.05) is 0 Å². The first-order valence-corrected chi connectivity index (χ1v) is 13.1. The summed E-state index contributed by atoms with van der Waals surface area (Å²) in [7, 11) is 0. The Hall–Kier alpha value is -1.05. The third kappa shape index (κ3) is 3.99. The molecule has 0 aliphatic rings. The van der Waals surface area contributed by atoms with Crippen LogP contribution in [-0.4, -0.2) is 14.5 Å². The molecule has 108 valence electrons. The summed E-state index contributed by atoms with van der Waals surface area (Å²) in [6.07, 6.45) is 3.44. The van der Waals surface area contributed by atoms with Crippen molar-refractivity contribution in [3.8, 4) is 11.6 Å². The van der Waals surface area contributed by atoms with Gasteiger partial charge in [0.2, 0.25) is 0 Å². The monoisotopic (exact) mass is 361 g/mol. The number of benzene rings is 2. The molecule has 0 saturated carbocycles. The molecule has 0 N–H and O–H groups in total. The van der Waals surface area contributed by atoms with Crippen molar-refractivity contribution in [2.75, 3.05) is 0 Å². The SMILES string of the molecule is CCCCC#C[P+]([Se]C)(c1ccccc1)c1ccccc1. The van der Waals surface area contributed by atoms with E-state index in [0.717, 1.165) is 6.42 Å². The zero-order chi connectivity index (χ0) is 15.0. The summed E-state index contributed by atoms with van der Waals surface area (Å²) in [6, 6.07) is 21.8. The second kappa shape index (κ2) is 8.41. The third-order valence-electron chi connectivity index (χ3n) is 3.41. The van der Waals surface area contributed by atoms with Gasteiger partial charge in [0.15, 0.2) is 0 Å². The molecule has 2 heteroatoms. The molecule has 0 bridgehead atoms. The maximum absolute atomic E-state index is 3.74. The second-order valence-corrected chi connectivity index (χ2v) is 13.4. The Morgan fingerprint density at radius 3 is 1.86 bits per heavy atom. The Bertz CT molecular complexity index is 556. The van der Waals surface area contributed by atoms with Gasteiger partial charge in [-0.3, -0.25) is 0 Å². The Morgan fingerprint density at radius 1 is 0.905 bits per heavy atom. The van der Waals surface area contributed by atoms with Crippen molar-refractivity contribution in [1.82, 2.24) is 0 Å². The molecule has 0 nitrogen and oxygen atoms in total. The second-order valence-electron chi connectivity index (χ2n) is 4.86. The van der Waals surface area contributed by atoms with E-state index < -0.39 is 5.95 Å². The molecule has 0 saturated heterocycles. The molecule has 0 unspecified atom stereocenters. The van der Waals surface area contributed by atoms with Crippen LogP contribution in [0.3, 0.4) is 0 Å². The summed E-state index contributed by atoms with van der Waals surface area (Å²) in [5, 5.41) is 2.87. The molecule has 2 aromatic carbocycles. The Labute approximate surface area is 135 Å². The quantitative estimate of drug-likeness (QED) is 0.319. The van der Waals surface area contributed by atoms with Gasteiger partial charge in [-0.1, -0.05) is 0 Å². The van der Waals surface area contributed by atoms with Gasteiger partial charge in [0.1, 0.15) is 0 Å². The van der Waals surface area contributed by atoms with E-state index in [2.05, 4.69) is 85.0 Å². The third-order valence-corrected chi connectivity index (χ3v) is 13.2. The summed E-state index contributed by atoms with van der Waals surface area (Å²) in [5.74, 6) is 4.31.